The van der Waals surface area contributed by atoms with E-state index in [1.165, 1.54) is 6.42 Å². The molecule has 7 heteroatoms. The van der Waals surface area contributed by atoms with Gasteiger partial charge in [-0.25, -0.2) is 4.98 Å². The Balaban J connectivity index is 1.68. The largest absolute Gasteiger partial charge is 0.343 e. The maximum Gasteiger partial charge on any atom is 0.249 e. The SMILES string of the molecule is CC(=O)NC1(c2noc(C3CCCc4ncc(C)n43)n2)CCCCC1. The van der Waals surface area contributed by atoms with Crippen molar-refractivity contribution in [3.63, 3.8) is 0 Å². The third-order valence-corrected chi connectivity index (χ3v) is 5.53. The number of aromatic nitrogens is 4. The molecule has 2 aliphatic rings. The normalized spacial score (nSPS) is 22.4. The lowest BCUT2D eigenvalue weighted by molar-refractivity contribution is -0.121. The Kier molecular flexibility index (Phi) is 4.09. The van der Waals surface area contributed by atoms with Gasteiger partial charge in [-0.05, 0) is 32.6 Å². The number of rotatable bonds is 3. The van der Waals surface area contributed by atoms with Crippen LogP contribution in [0.25, 0.3) is 0 Å². The van der Waals surface area contributed by atoms with Crippen LogP contribution in [-0.2, 0) is 16.8 Å². The molecule has 2 aromatic rings. The fourth-order valence-electron chi connectivity index (χ4n) is 4.38. The van der Waals surface area contributed by atoms with Crippen molar-refractivity contribution in [3.8, 4) is 0 Å². The van der Waals surface area contributed by atoms with E-state index < -0.39 is 5.54 Å². The molecule has 0 aromatic carbocycles. The van der Waals surface area contributed by atoms with E-state index in [2.05, 4.69) is 26.9 Å². The van der Waals surface area contributed by atoms with Gasteiger partial charge in [0, 0.05) is 25.2 Å². The third kappa shape index (κ3) is 2.85. The highest BCUT2D eigenvalue weighted by Crippen LogP contribution is 2.37. The Morgan fingerprint density at radius 1 is 1.32 bits per heavy atom. The number of carbonyl (C=O) groups excluding carboxylic acids is 1. The number of amides is 1. The van der Waals surface area contributed by atoms with E-state index in [0.717, 1.165) is 56.5 Å². The second kappa shape index (κ2) is 6.28. The van der Waals surface area contributed by atoms with Gasteiger partial charge in [0.15, 0.2) is 5.82 Å². The highest BCUT2D eigenvalue weighted by atomic mass is 16.5. The first kappa shape index (κ1) is 16.3. The topological polar surface area (TPSA) is 85.8 Å². The highest BCUT2D eigenvalue weighted by molar-refractivity contribution is 5.74. The van der Waals surface area contributed by atoms with E-state index in [1.54, 1.807) is 6.92 Å². The van der Waals surface area contributed by atoms with Crippen molar-refractivity contribution >= 4 is 5.91 Å². The predicted octanol–water partition coefficient (Wildman–Crippen LogP) is 2.80. The standard InChI is InChI=1S/C18H25N5O2/c1-12-11-19-15-8-6-7-14(23(12)15)16-20-17(22-25-16)18(21-13(2)24)9-4-3-5-10-18/h11,14H,3-10H2,1-2H3,(H,21,24). The second-order valence-electron chi connectivity index (χ2n) is 7.37. The van der Waals surface area contributed by atoms with Gasteiger partial charge < -0.3 is 14.4 Å². The van der Waals surface area contributed by atoms with E-state index in [9.17, 15) is 4.79 Å². The molecule has 1 unspecified atom stereocenters. The summed E-state index contributed by atoms with van der Waals surface area (Å²) in [7, 11) is 0. The van der Waals surface area contributed by atoms with Crippen LogP contribution in [0.15, 0.2) is 10.7 Å². The molecule has 3 heterocycles. The first-order valence-electron chi connectivity index (χ1n) is 9.25. The number of nitrogens with one attached hydrogen (secondary N) is 1. The molecule has 1 atom stereocenters. The number of imidazole rings is 1. The molecule has 1 aliphatic heterocycles. The van der Waals surface area contributed by atoms with Gasteiger partial charge in [0.05, 0.1) is 0 Å². The van der Waals surface area contributed by atoms with Crippen molar-refractivity contribution < 1.29 is 9.32 Å². The third-order valence-electron chi connectivity index (χ3n) is 5.53. The maximum atomic E-state index is 11.8. The van der Waals surface area contributed by atoms with Crippen molar-refractivity contribution in [2.45, 2.75) is 76.8 Å². The Bertz CT molecular complexity index is 772. The fraction of sp³-hybridized carbons (Fsp3) is 0.667. The van der Waals surface area contributed by atoms with Crippen molar-refractivity contribution in [2.75, 3.05) is 0 Å². The highest BCUT2D eigenvalue weighted by Gasteiger charge is 2.40. The molecular formula is C18H25N5O2. The summed E-state index contributed by atoms with van der Waals surface area (Å²) in [6, 6.07) is 0.0467. The smallest absolute Gasteiger partial charge is 0.249 e. The molecule has 0 radical (unpaired) electrons. The average Bonchev–Trinajstić information content (AvgIpc) is 3.23. The molecule has 1 saturated carbocycles. The van der Waals surface area contributed by atoms with Crippen molar-refractivity contribution in [1.29, 1.82) is 0 Å². The average molecular weight is 343 g/mol. The van der Waals surface area contributed by atoms with E-state index in [0.29, 0.717) is 11.7 Å². The Labute approximate surface area is 147 Å². The lowest BCUT2D eigenvalue weighted by atomic mass is 9.81. The molecule has 1 aliphatic carbocycles. The first-order valence-corrected chi connectivity index (χ1v) is 9.25. The van der Waals surface area contributed by atoms with Crippen LogP contribution in [-0.4, -0.2) is 25.6 Å². The van der Waals surface area contributed by atoms with E-state index in [4.69, 9.17) is 9.51 Å². The van der Waals surface area contributed by atoms with Gasteiger partial charge in [-0.15, -0.1) is 0 Å². The van der Waals surface area contributed by atoms with Crippen LogP contribution in [0.5, 0.6) is 0 Å². The number of aryl methyl sites for hydroxylation is 2. The zero-order chi connectivity index (χ0) is 17.4. The first-order chi connectivity index (χ1) is 12.1. The quantitative estimate of drug-likeness (QED) is 0.926. The number of fused-ring (bicyclic) bond motifs is 1. The van der Waals surface area contributed by atoms with Gasteiger partial charge in [-0.3, -0.25) is 4.79 Å². The van der Waals surface area contributed by atoms with Gasteiger partial charge >= 0.3 is 0 Å². The summed E-state index contributed by atoms with van der Waals surface area (Å²) >= 11 is 0. The summed E-state index contributed by atoms with van der Waals surface area (Å²) in [4.78, 5) is 21.0. The van der Waals surface area contributed by atoms with Crippen LogP contribution in [0, 0.1) is 6.92 Å². The molecule has 4 rings (SSSR count). The summed E-state index contributed by atoms with van der Waals surface area (Å²) in [6.45, 7) is 3.62. The second-order valence-corrected chi connectivity index (χ2v) is 7.37. The minimum absolute atomic E-state index is 0.0429. The molecule has 0 bridgehead atoms. The summed E-state index contributed by atoms with van der Waals surface area (Å²) in [5.41, 5.74) is 0.640. The van der Waals surface area contributed by atoms with Gasteiger partial charge in [0.1, 0.15) is 17.4 Å². The number of hydrogen-bond donors (Lipinski definition) is 1. The molecule has 0 saturated heterocycles. The van der Waals surface area contributed by atoms with Crippen molar-refractivity contribution in [2.24, 2.45) is 0 Å². The lowest BCUT2D eigenvalue weighted by Gasteiger charge is -2.34. The Morgan fingerprint density at radius 3 is 2.88 bits per heavy atom. The van der Waals surface area contributed by atoms with Crippen LogP contribution in [0.4, 0.5) is 0 Å². The van der Waals surface area contributed by atoms with E-state index >= 15 is 0 Å². The molecule has 7 nitrogen and oxygen atoms in total. The summed E-state index contributed by atoms with van der Waals surface area (Å²) in [5.74, 6) is 2.30. The molecule has 0 spiro atoms. The Hall–Kier alpha value is -2.18. The monoisotopic (exact) mass is 343 g/mol. The molecule has 1 fully saturated rings. The summed E-state index contributed by atoms with van der Waals surface area (Å²) in [5, 5.41) is 7.40. The lowest BCUT2D eigenvalue weighted by Crippen LogP contribution is -2.47. The fourth-order valence-corrected chi connectivity index (χ4v) is 4.38. The van der Waals surface area contributed by atoms with Gasteiger partial charge in [-0.1, -0.05) is 24.4 Å². The predicted molar refractivity (Wildman–Crippen MR) is 90.9 cm³/mol. The van der Waals surface area contributed by atoms with Gasteiger partial charge in [0.2, 0.25) is 11.8 Å². The van der Waals surface area contributed by atoms with Crippen LogP contribution < -0.4 is 5.32 Å². The van der Waals surface area contributed by atoms with Crippen LogP contribution in [0.1, 0.15) is 81.1 Å². The number of carbonyl (C=O) groups is 1. The Morgan fingerprint density at radius 2 is 2.12 bits per heavy atom. The van der Waals surface area contributed by atoms with E-state index in [-0.39, 0.29) is 11.9 Å². The van der Waals surface area contributed by atoms with Crippen LogP contribution in [0.3, 0.4) is 0 Å². The minimum atomic E-state index is -0.479. The molecule has 2 aromatic heterocycles. The number of hydrogen-bond acceptors (Lipinski definition) is 5. The minimum Gasteiger partial charge on any atom is -0.343 e. The van der Waals surface area contributed by atoms with Crippen molar-refractivity contribution in [3.05, 3.63) is 29.4 Å². The molecule has 1 N–H and O–H groups in total. The van der Waals surface area contributed by atoms with Crippen LogP contribution in [0.2, 0.25) is 0 Å². The molecule has 25 heavy (non-hydrogen) atoms. The van der Waals surface area contributed by atoms with Crippen molar-refractivity contribution in [1.82, 2.24) is 25.0 Å². The van der Waals surface area contributed by atoms with Crippen LogP contribution >= 0.6 is 0 Å². The maximum absolute atomic E-state index is 11.8. The van der Waals surface area contributed by atoms with Gasteiger partial charge in [-0.2, -0.15) is 4.98 Å². The van der Waals surface area contributed by atoms with E-state index in [1.807, 2.05) is 6.20 Å². The number of nitrogens with zero attached hydrogens (tertiary/aromatic N) is 4. The summed E-state index contributed by atoms with van der Waals surface area (Å²) < 4.78 is 7.90. The summed E-state index contributed by atoms with van der Waals surface area (Å²) in [6.07, 6.45) is 9.99. The molecular weight excluding hydrogens is 318 g/mol. The van der Waals surface area contributed by atoms with Gasteiger partial charge in [0.25, 0.3) is 0 Å². The molecule has 1 amide bonds. The molecule has 134 valence electrons. The zero-order valence-corrected chi connectivity index (χ0v) is 14.9. The zero-order valence-electron chi connectivity index (χ0n) is 14.9.